The second kappa shape index (κ2) is 8.35. The number of hydrogen-bond acceptors (Lipinski definition) is 5. The van der Waals surface area contributed by atoms with E-state index in [-0.39, 0.29) is 11.9 Å². The number of nitrogens with one attached hydrogen (secondary N) is 3. The number of aryl methyl sites for hydroxylation is 1. The van der Waals surface area contributed by atoms with Gasteiger partial charge in [0.05, 0.1) is 5.52 Å². The first-order valence-corrected chi connectivity index (χ1v) is 9.86. The first-order valence-electron chi connectivity index (χ1n) is 9.86. The maximum absolute atomic E-state index is 12.4. The Balaban J connectivity index is 1.45. The first kappa shape index (κ1) is 18.4. The lowest BCUT2D eigenvalue weighted by atomic mass is 10.1. The van der Waals surface area contributed by atoms with Crippen molar-refractivity contribution in [3.8, 4) is 0 Å². The van der Waals surface area contributed by atoms with Crippen LogP contribution >= 0.6 is 0 Å². The van der Waals surface area contributed by atoms with E-state index in [4.69, 9.17) is 0 Å². The first-order chi connectivity index (χ1) is 13.7. The second-order valence-corrected chi connectivity index (χ2v) is 7.10. The number of para-hydroxylation sites is 1. The van der Waals surface area contributed by atoms with E-state index < -0.39 is 0 Å². The number of fused-ring (bicyclic) bond motifs is 1. The summed E-state index contributed by atoms with van der Waals surface area (Å²) in [4.78, 5) is 21.5. The van der Waals surface area contributed by atoms with Crippen LogP contribution in [0.4, 0.5) is 11.6 Å². The SMILES string of the molecule is CCc1cccc2cnc(Nc3ccc(C(=O)NC4CCNCC4)cc3)nc12. The van der Waals surface area contributed by atoms with Crippen LogP contribution in [0.2, 0.25) is 0 Å². The summed E-state index contributed by atoms with van der Waals surface area (Å²) in [6.45, 7) is 4.04. The summed E-state index contributed by atoms with van der Waals surface area (Å²) in [6.07, 6.45) is 4.72. The molecule has 6 heteroatoms. The summed E-state index contributed by atoms with van der Waals surface area (Å²) in [5.74, 6) is 0.535. The minimum absolute atomic E-state index is 0.0204. The monoisotopic (exact) mass is 375 g/mol. The molecular formula is C22H25N5O. The number of aromatic nitrogens is 2. The summed E-state index contributed by atoms with van der Waals surface area (Å²) in [7, 11) is 0. The molecule has 0 aliphatic carbocycles. The molecule has 3 N–H and O–H groups in total. The van der Waals surface area contributed by atoms with Gasteiger partial charge in [0.1, 0.15) is 0 Å². The Labute approximate surface area is 164 Å². The molecule has 0 radical (unpaired) electrons. The molecule has 1 saturated heterocycles. The van der Waals surface area contributed by atoms with E-state index in [1.54, 1.807) is 0 Å². The van der Waals surface area contributed by atoms with E-state index in [2.05, 4.69) is 38.9 Å². The van der Waals surface area contributed by atoms with Crippen LogP contribution in [-0.2, 0) is 6.42 Å². The van der Waals surface area contributed by atoms with E-state index in [0.29, 0.717) is 11.5 Å². The van der Waals surface area contributed by atoms with Gasteiger partial charge in [0.2, 0.25) is 5.95 Å². The van der Waals surface area contributed by atoms with Crippen LogP contribution in [0.1, 0.15) is 35.7 Å². The van der Waals surface area contributed by atoms with E-state index in [0.717, 1.165) is 48.9 Å². The number of piperidine rings is 1. The van der Waals surface area contributed by atoms with Gasteiger partial charge in [-0.3, -0.25) is 4.79 Å². The topological polar surface area (TPSA) is 78.9 Å². The highest BCUT2D eigenvalue weighted by atomic mass is 16.1. The third-order valence-electron chi connectivity index (χ3n) is 5.15. The van der Waals surface area contributed by atoms with E-state index in [9.17, 15) is 4.79 Å². The Kier molecular flexibility index (Phi) is 5.48. The number of carbonyl (C=O) groups excluding carboxylic acids is 1. The van der Waals surface area contributed by atoms with Crippen LogP contribution in [0.25, 0.3) is 10.9 Å². The number of anilines is 2. The van der Waals surface area contributed by atoms with E-state index in [1.165, 1.54) is 5.56 Å². The minimum atomic E-state index is -0.0204. The second-order valence-electron chi connectivity index (χ2n) is 7.10. The zero-order chi connectivity index (χ0) is 19.3. The van der Waals surface area contributed by atoms with Crippen molar-refractivity contribution >= 4 is 28.4 Å². The molecule has 2 aromatic carbocycles. The molecule has 28 heavy (non-hydrogen) atoms. The molecule has 1 aliphatic rings. The van der Waals surface area contributed by atoms with Gasteiger partial charge in [-0.2, -0.15) is 0 Å². The fraction of sp³-hybridized carbons (Fsp3) is 0.318. The van der Waals surface area contributed by atoms with Crippen molar-refractivity contribution in [2.75, 3.05) is 18.4 Å². The fourth-order valence-corrected chi connectivity index (χ4v) is 3.53. The molecule has 0 atom stereocenters. The van der Waals surface area contributed by atoms with Gasteiger partial charge in [-0.25, -0.2) is 9.97 Å². The van der Waals surface area contributed by atoms with Crippen molar-refractivity contribution in [2.45, 2.75) is 32.2 Å². The summed E-state index contributed by atoms with van der Waals surface area (Å²) in [5.41, 5.74) is 3.69. The molecule has 1 aromatic heterocycles. The molecule has 0 spiro atoms. The molecule has 0 saturated carbocycles. The van der Waals surface area contributed by atoms with Crippen molar-refractivity contribution < 1.29 is 4.79 Å². The Bertz CT molecular complexity index is 964. The molecule has 6 nitrogen and oxygen atoms in total. The van der Waals surface area contributed by atoms with Gasteiger partial charge in [0.15, 0.2) is 0 Å². The zero-order valence-electron chi connectivity index (χ0n) is 16.0. The van der Waals surface area contributed by atoms with Gasteiger partial charge in [0, 0.05) is 28.9 Å². The Morgan fingerprint density at radius 1 is 1.14 bits per heavy atom. The molecule has 0 bridgehead atoms. The van der Waals surface area contributed by atoms with Crippen molar-refractivity contribution in [3.05, 3.63) is 59.8 Å². The predicted octanol–water partition coefficient (Wildman–Crippen LogP) is 3.42. The zero-order valence-corrected chi connectivity index (χ0v) is 16.0. The Morgan fingerprint density at radius 2 is 1.93 bits per heavy atom. The van der Waals surface area contributed by atoms with E-state index >= 15 is 0 Å². The molecule has 2 heterocycles. The predicted molar refractivity (Wildman–Crippen MR) is 112 cm³/mol. The highest BCUT2D eigenvalue weighted by Gasteiger charge is 2.16. The van der Waals surface area contributed by atoms with Crippen LogP contribution in [0.15, 0.2) is 48.7 Å². The number of amides is 1. The Morgan fingerprint density at radius 3 is 2.68 bits per heavy atom. The number of benzene rings is 2. The van der Waals surface area contributed by atoms with Crippen LogP contribution in [0, 0.1) is 0 Å². The quantitative estimate of drug-likeness (QED) is 0.637. The molecule has 1 aliphatic heterocycles. The lowest BCUT2D eigenvalue weighted by Crippen LogP contribution is -2.42. The molecule has 144 valence electrons. The number of nitrogens with zero attached hydrogens (tertiary/aromatic N) is 2. The van der Waals surface area contributed by atoms with Crippen LogP contribution < -0.4 is 16.0 Å². The van der Waals surface area contributed by atoms with Gasteiger partial charge >= 0.3 is 0 Å². The van der Waals surface area contributed by atoms with Crippen molar-refractivity contribution in [3.63, 3.8) is 0 Å². The average molecular weight is 375 g/mol. The van der Waals surface area contributed by atoms with Gasteiger partial charge < -0.3 is 16.0 Å². The van der Waals surface area contributed by atoms with Crippen molar-refractivity contribution in [1.82, 2.24) is 20.6 Å². The summed E-state index contributed by atoms with van der Waals surface area (Å²) in [5, 5.41) is 10.7. The number of carbonyl (C=O) groups is 1. The standard InChI is InChI=1S/C22H25N5O/c1-2-15-4-3-5-17-14-24-22(27-20(15)17)26-18-8-6-16(7-9-18)21(28)25-19-10-12-23-13-11-19/h3-9,14,19,23H,2,10-13H2,1H3,(H,25,28)(H,24,26,27). The molecule has 0 unspecified atom stereocenters. The fourth-order valence-electron chi connectivity index (χ4n) is 3.53. The third-order valence-corrected chi connectivity index (χ3v) is 5.15. The Hall–Kier alpha value is -2.99. The minimum Gasteiger partial charge on any atom is -0.349 e. The average Bonchev–Trinajstić information content (AvgIpc) is 2.74. The lowest BCUT2D eigenvalue weighted by molar-refractivity contribution is 0.0929. The highest BCUT2D eigenvalue weighted by molar-refractivity contribution is 5.94. The summed E-state index contributed by atoms with van der Waals surface area (Å²) < 4.78 is 0. The molecule has 1 amide bonds. The summed E-state index contributed by atoms with van der Waals surface area (Å²) >= 11 is 0. The lowest BCUT2D eigenvalue weighted by Gasteiger charge is -2.23. The third kappa shape index (κ3) is 4.12. The largest absolute Gasteiger partial charge is 0.349 e. The van der Waals surface area contributed by atoms with Crippen LogP contribution in [-0.4, -0.2) is 35.0 Å². The number of hydrogen-bond donors (Lipinski definition) is 3. The maximum atomic E-state index is 12.4. The maximum Gasteiger partial charge on any atom is 0.251 e. The normalized spacial score (nSPS) is 14.8. The molecular weight excluding hydrogens is 350 g/mol. The molecule has 1 fully saturated rings. The highest BCUT2D eigenvalue weighted by Crippen LogP contribution is 2.20. The summed E-state index contributed by atoms with van der Waals surface area (Å²) in [6, 6.07) is 13.8. The van der Waals surface area contributed by atoms with Crippen LogP contribution in [0.5, 0.6) is 0 Å². The van der Waals surface area contributed by atoms with Gasteiger partial charge in [-0.1, -0.05) is 25.1 Å². The molecule has 3 aromatic rings. The van der Waals surface area contributed by atoms with Crippen molar-refractivity contribution in [2.24, 2.45) is 0 Å². The van der Waals surface area contributed by atoms with Gasteiger partial charge in [0.25, 0.3) is 5.91 Å². The number of rotatable bonds is 5. The smallest absolute Gasteiger partial charge is 0.251 e. The van der Waals surface area contributed by atoms with E-state index in [1.807, 2.05) is 42.6 Å². The van der Waals surface area contributed by atoms with Crippen LogP contribution in [0.3, 0.4) is 0 Å². The molecule has 4 rings (SSSR count). The van der Waals surface area contributed by atoms with Gasteiger partial charge in [-0.05, 0) is 62.2 Å². The van der Waals surface area contributed by atoms with Crippen molar-refractivity contribution in [1.29, 1.82) is 0 Å². The van der Waals surface area contributed by atoms with Gasteiger partial charge in [-0.15, -0.1) is 0 Å².